The Hall–Kier alpha value is -1.91. The van der Waals surface area contributed by atoms with Gasteiger partial charge in [0.05, 0.1) is 21.8 Å². The van der Waals surface area contributed by atoms with Gasteiger partial charge in [0.25, 0.3) is 11.6 Å². The van der Waals surface area contributed by atoms with Crippen molar-refractivity contribution in [3.8, 4) is 0 Å². The first-order valence-corrected chi connectivity index (χ1v) is 10.1. The zero-order valence-electron chi connectivity index (χ0n) is 14.0. The van der Waals surface area contributed by atoms with Gasteiger partial charge < -0.3 is 9.90 Å². The van der Waals surface area contributed by atoms with Gasteiger partial charge in [-0.05, 0) is 37.0 Å². The van der Waals surface area contributed by atoms with Crippen LogP contribution in [0.2, 0.25) is 0 Å². The predicted molar refractivity (Wildman–Crippen MR) is 105 cm³/mol. The third-order valence-electron chi connectivity index (χ3n) is 3.73. The van der Waals surface area contributed by atoms with Crippen LogP contribution in [-0.2, 0) is 9.59 Å². The van der Waals surface area contributed by atoms with Gasteiger partial charge in [-0.15, -0.1) is 0 Å². The first-order chi connectivity index (χ1) is 12.3. The number of amides is 1. The van der Waals surface area contributed by atoms with Gasteiger partial charge in [-0.1, -0.05) is 36.1 Å². The van der Waals surface area contributed by atoms with Crippen LogP contribution in [0.25, 0.3) is 6.08 Å². The highest BCUT2D eigenvalue weighted by atomic mass is 32.2. The number of carbonyl (C=O) groups excluding carboxylic acids is 2. The van der Waals surface area contributed by atoms with Crippen molar-refractivity contribution in [2.24, 2.45) is 0 Å². The van der Waals surface area contributed by atoms with Crippen molar-refractivity contribution in [2.45, 2.75) is 19.4 Å². The number of carboxylic acid groups (broad SMARTS) is 1. The van der Waals surface area contributed by atoms with E-state index in [0.717, 1.165) is 16.7 Å². The summed E-state index contributed by atoms with van der Waals surface area (Å²) in [4.78, 5) is 35.9. The van der Waals surface area contributed by atoms with Crippen molar-refractivity contribution < 1.29 is 19.6 Å². The molecule has 0 aliphatic carbocycles. The molecule has 0 aromatic heterocycles. The predicted octanol–water partition coefficient (Wildman–Crippen LogP) is 1.98. The SMILES string of the molecule is CSCC[C@H](C(=O)[O-])N1C(=O)/C(=C\c2ccc(C)c([N+](=O)[O-])c2)SC1=S. The molecule has 1 heterocycles. The molecule has 26 heavy (non-hydrogen) atoms. The number of nitro benzene ring substituents is 1. The number of hydrogen-bond donors (Lipinski definition) is 0. The van der Waals surface area contributed by atoms with E-state index < -0.39 is 22.8 Å². The van der Waals surface area contributed by atoms with Crippen LogP contribution in [0.4, 0.5) is 5.69 Å². The molecule has 1 aromatic carbocycles. The van der Waals surface area contributed by atoms with Gasteiger partial charge in [0.2, 0.25) is 0 Å². The monoisotopic (exact) mass is 411 g/mol. The average Bonchev–Trinajstić information content (AvgIpc) is 2.84. The summed E-state index contributed by atoms with van der Waals surface area (Å²) < 4.78 is 0.137. The van der Waals surface area contributed by atoms with Gasteiger partial charge in [-0.3, -0.25) is 19.8 Å². The zero-order chi connectivity index (χ0) is 19.4. The van der Waals surface area contributed by atoms with Gasteiger partial charge in [0.15, 0.2) is 0 Å². The van der Waals surface area contributed by atoms with E-state index in [1.165, 1.54) is 23.9 Å². The van der Waals surface area contributed by atoms with Crippen molar-refractivity contribution in [1.82, 2.24) is 4.90 Å². The highest BCUT2D eigenvalue weighted by Crippen LogP contribution is 2.35. The number of nitro groups is 1. The molecule has 1 fully saturated rings. The van der Waals surface area contributed by atoms with Crippen molar-refractivity contribution in [1.29, 1.82) is 0 Å². The fourth-order valence-electron chi connectivity index (χ4n) is 2.39. The lowest BCUT2D eigenvalue weighted by Crippen LogP contribution is -2.50. The van der Waals surface area contributed by atoms with Gasteiger partial charge in [-0.2, -0.15) is 11.8 Å². The Morgan fingerprint density at radius 3 is 2.77 bits per heavy atom. The van der Waals surface area contributed by atoms with E-state index in [2.05, 4.69) is 0 Å². The number of nitrogens with zero attached hydrogens (tertiary/aromatic N) is 2. The van der Waals surface area contributed by atoms with Crippen LogP contribution in [0.1, 0.15) is 17.5 Å². The minimum Gasteiger partial charge on any atom is -0.548 e. The maximum atomic E-state index is 12.6. The maximum absolute atomic E-state index is 12.6. The molecule has 1 aliphatic rings. The van der Waals surface area contributed by atoms with E-state index in [1.54, 1.807) is 19.1 Å². The fourth-order valence-corrected chi connectivity index (χ4v) is 4.21. The number of thiocarbonyl (C=S) groups is 1. The van der Waals surface area contributed by atoms with E-state index in [-0.39, 0.29) is 21.3 Å². The van der Waals surface area contributed by atoms with Crippen LogP contribution in [0.15, 0.2) is 23.1 Å². The Morgan fingerprint density at radius 1 is 1.50 bits per heavy atom. The Kier molecular flexibility index (Phi) is 6.79. The van der Waals surface area contributed by atoms with Crippen LogP contribution in [-0.4, -0.2) is 44.1 Å². The Morgan fingerprint density at radius 2 is 2.19 bits per heavy atom. The molecule has 1 saturated heterocycles. The molecule has 1 atom stereocenters. The number of aliphatic carboxylic acids is 1. The van der Waals surface area contributed by atoms with Gasteiger partial charge >= 0.3 is 0 Å². The number of rotatable bonds is 7. The Labute approximate surface area is 164 Å². The molecule has 0 N–H and O–H groups in total. The molecule has 0 bridgehead atoms. The maximum Gasteiger partial charge on any atom is 0.272 e. The summed E-state index contributed by atoms with van der Waals surface area (Å²) in [7, 11) is 0. The summed E-state index contributed by atoms with van der Waals surface area (Å²) in [5.41, 5.74) is 0.924. The highest BCUT2D eigenvalue weighted by Gasteiger charge is 2.37. The van der Waals surface area contributed by atoms with Crippen molar-refractivity contribution in [2.75, 3.05) is 12.0 Å². The summed E-state index contributed by atoms with van der Waals surface area (Å²) in [6, 6.07) is 3.48. The lowest BCUT2D eigenvalue weighted by atomic mass is 10.1. The van der Waals surface area contributed by atoms with Crippen LogP contribution in [0, 0.1) is 17.0 Å². The number of aryl methyl sites for hydroxylation is 1. The van der Waals surface area contributed by atoms with Crippen molar-refractivity contribution in [3.63, 3.8) is 0 Å². The Balaban J connectivity index is 2.33. The third kappa shape index (κ3) is 4.43. The molecular weight excluding hydrogens is 396 g/mol. The lowest BCUT2D eigenvalue weighted by Gasteiger charge is -2.27. The minimum atomic E-state index is -1.36. The molecule has 0 radical (unpaired) electrons. The Bertz CT molecular complexity index is 809. The van der Waals surface area contributed by atoms with Crippen LogP contribution < -0.4 is 5.11 Å². The van der Waals surface area contributed by atoms with Crippen LogP contribution >= 0.6 is 35.7 Å². The molecule has 1 aromatic rings. The highest BCUT2D eigenvalue weighted by molar-refractivity contribution is 8.26. The topological polar surface area (TPSA) is 104 Å². The second kappa shape index (κ2) is 8.65. The second-order valence-corrected chi connectivity index (χ2v) is 8.13. The standard InChI is InChI=1S/C16H16N2O5S3/c1-9-3-4-10(7-12(9)18(22)23)8-13-14(19)17(16(24)26-13)11(15(20)21)5-6-25-2/h3-4,7-8,11H,5-6H2,1-2H3,(H,20,21)/p-1/b13-8+/t11-/m1/s1. The normalized spacial score (nSPS) is 17.0. The first kappa shape index (κ1) is 20.4. The third-order valence-corrected chi connectivity index (χ3v) is 5.70. The van der Waals surface area contributed by atoms with E-state index in [0.29, 0.717) is 16.9 Å². The van der Waals surface area contributed by atoms with E-state index in [4.69, 9.17) is 12.2 Å². The number of thioether (sulfide) groups is 2. The minimum absolute atomic E-state index is 0.0539. The number of hydrogen-bond acceptors (Lipinski definition) is 8. The lowest BCUT2D eigenvalue weighted by molar-refractivity contribution is -0.385. The molecule has 138 valence electrons. The van der Waals surface area contributed by atoms with E-state index in [1.807, 2.05) is 6.26 Å². The molecular formula is C16H15N2O5S3-. The quantitative estimate of drug-likeness (QED) is 0.290. The summed E-state index contributed by atoms with van der Waals surface area (Å²) in [5, 5.41) is 22.5. The van der Waals surface area contributed by atoms with Crippen molar-refractivity contribution >= 4 is 63.7 Å². The smallest absolute Gasteiger partial charge is 0.272 e. The molecule has 0 spiro atoms. The summed E-state index contributed by atoms with van der Waals surface area (Å²) in [5.74, 6) is -1.35. The average molecular weight is 412 g/mol. The summed E-state index contributed by atoms with van der Waals surface area (Å²) in [6.07, 6.45) is 3.53. The molecule has 10 heteroatoms. The molecule has 2 rings (SSSR count). The van der Waals surface area contributed by atoms with Gasteiger partial charge in [-0.25, -0.2) is 0 Å². The molecule has 0 unspecified atom stereocenters. The molecule has 1 aliphatic heterocycles. The van der Waals surface area contributed by atoms with Gasteiger partial charge in [0, 0.05) is 11.6 Å². The number of carbonyl (C=O) groups is 2. The van der Waals surface area contributed by atoms with Crippen molar-refractivity contribution in [3.05, 3.63) is 44.3 Å². The molecule has 7 nitrogen and oxygen atoms in total. The number of benzene rings is 1. The van der Waals surface area contributed by atoms with Crippen LogP contribution in [0.3, 0.4) is 0 Å². The van der Waals surface area contributed by atoms with Crippen LogP contribution in [0.5, 0.6) is 0 Å². The summed E-state index contributed by atoms with van der Waals surface area (Å²) >= 11 is 7.60. The largest absolute Gasteiger partial charge is 0.548 e. The van der Waals surface area contributed by atoms with Gasteiger partial charge in [0.1, 0.15) is 4.32 Å². The summed E-state index contributed by atoms with van der Waals surface area (Å²) in [6.45, 7) is 1.62. The second-order valence-electron chi connectivity index (χ2n) is 5.47. The first-order valence-electron chi connectivity index (χ1n) is 7.48. The molecule has 0 saturated carbocycles. The molecule has 1 amide bonds. The zero-order valence-corrected chi connectivity index (χ0v) is 16.4. The van der Waals surface area contributed by atoms with E-state index in [9.17, 15) is 24.8 Å². The van der Waals surface area contributed by atoms with E-state index >= 15 is 0 Å². The fraction of sp³-hybridized carbons (Fsp3) is 0.312. The number of carboxylic acids is 1.